The van der Waals surface area contributed by atoms with Gasteiger partial charge in [0.1, 0.15) is 0 Å². The van der Waals surface area contributed by atoms with Crippen LogP contribution in [-0.4, -0.2) is 24.4 Å². The molecule has 1 aromatic carbocycles. The highest BCUT2D eigenvalue weighted by Crippen LogP contribution is 2.26. The number of anilines is 1. The van der Waals surface area contributed by atoms with E-state index in [1.807, 2.05) is 31.3 Å². The van der Waals surface area contributed by atoms with E-state index in [-0.39, 0.29) is 5.91 Å². The van der Waals surface area contributed by atoms with Crippen LogP contribution in [0.3, 0.4) is 0 Å². The number of hydrogen-bond acceptors (Lipinski definition) is 3. The molecule has 0 fully saturated rings. The fourth-order valence-electron chi connectivity index (χ4n) is 2.64. The number of fused-ring (bicyclic) bond motifs is 1. The van der Waals surface area contributed by atoms with Crippen LogP contribution in [0.5, 0.6) is 0 Å². The summed E-state index contributed by atoms with van der Waals surface area (Å²) >= 11 is 0. The summed E-state index contributed by atoms with van der Waals surface area (Å²) in [4.78, 5) is 14.3. The first-order valence-electron chi connectivity index (χ1n) is 6.88. The quantitative estimate of drug-likeness (QED) is 0.932. The highest BCUT2D eigenvalue weighted by molar-refractivity contribution is 5.97. The first-order valence-corrected chi connectivity index (χ1v) is 6.88. The molecule has 0 atom stereocenters. The number of carbonyl (C=O) groups excluding carboxylic acids is 1. The number of carbonyl (C=O) groups is 1. The van der Waals surface area contributed by atoms with Gasteiger partial charge in [-0.25, -0.2) is 0 Å². The topological polar surface area (TPSA) is 45.5 Å². The predicted octanol–water partition coefficient (Wildman–Crippen LogP) is 2.91. The minimum absolute atomic E-state index is 0.0618. The van der Waals surface area contributed by atoms with E-state index < -0.39 is 0 Å². The second-order valence-electron chi connectivity index (χ2n) is 5.15. The molecule has 104 valence electrons. The van der Waals surface area contributed by atoms with E-state index in [1.165, 1.54) is 0 Å². The molecule has 4 heteroatoms. The maximum absolute atomic E-state index is 12.6. The summed E-state index contributed by atoms with van der Waals surface area (Å²) in [6.45, 7) is 1.54. The van der Waals surface area contributed by atoms with Crippen LogP contribution in [-0.2, 0) is 13.0 Å². The highest BCUT2D eigenvalue weighted by atomic mass is 16.3. The smallest absolute Gasteiger partial charge is 0.254 e. The van der Waals surface area contributed by atoms with Crippen LogP contribution < -0.4 is 5.32 Å². The molecule has 0 unspecified atom stereocenters. The van der Waals surface area contributed by atoms with Gasteiger partial charge in [-0.3, -0.25) is 4.79 Å². The monoisotopic (exact) mass is 270 g/mol. The van der Waals surface area contributed by atoms with Crippen molar-refractivity contribution >= 4 is 11.6 Å². The zero-order valence-electron chi connectivity index (χ0n) is 11.6. The molecule has 0 saturated heterocycles. The molecule has 0 aliphatic carbocycles. The first-order chi connectivity index (χ1) is 9.75. The van der Waals surface area contributed by atoms with Crippen LogP contribution in [0.4, 0.5) is 5.69 Å². The molecule has 2 aromatic rings. The number of hydrogen-bond donors (Lipinski definition) is 1. The highest BCUT2D eigenvalue weighted by Gasteiger charge is 2.20. The molecular weight excluding hydrogens is 252 g/mol. The molecule has 0 radical (unpaired) electrons. The van der Waals surface area contributed by atoms with E-state index in [2.05, 4.69) is 5.32 Å². The number of furan rings is 1. The Morgan fingerprint density at radius 3 is 3.10 bits per heavy atom. The van der Waals surface area contributed by atoms with Crippen LogP contribution in [0.25, 0.3) is 0 Å². The average Bonchev–Trinajstić information content (AvgIpc) is 2.99. The van der Waals surface area contributed by atoms with E-state index in [0.29, 0.717) is 6.54 Å². The van der Waals surface area contributed by atoms with Crippen molar-refractivity contribution in [3.63, 3.8) is 0 Å². The van der Waals surface area contributed by atoms with Gasteiger partial charge in [-0.1, -0.05) is 6.07 Å². The summed E-state index contributed by atoms with van der Waals surface area (Å²) < 4.78 is 5.04. The molecule has 1 aromatic heterocycles. The Hall–Kier alpha value is -2.23. The predicted molar refractivity (Wildman–Crippen MR) is 77.8 cm³/mol. The van der Waals surface area contributed by atoms with Crippen molar-refractivity contribution < 1.29 is 9.21 Å². The number of nitrogens with zero attached hydrogens (tertiary/aromatic N) is 1. The lowest BCUT2D eigenvalue weighted by Gasteiger charge is -2.23. The molecule has 2 heterocycles. The Labute approximate surface area is 118 Å². The molecule has 4 nitrogen and oxygen atoms in total. The normalized spacial score (nSPS) is 13.4. The fraction of sp³-hybridized carbons (Fsp3) is 0.312. The van der Waals surface area contributed by atoms with Crippen molar-refractivity contribution in [3.05, 3.63) is 53.5 Å². The zero-order valence-corrected chi connectivity index (χ0v) is 11.6. The average molecular weight is 270 g/mol. The van der Waals surface area contributed by atoms with Gasteiger partial charge in [0.2, 0.25) is 0 Å². The van der Waals surface area contributed by atoms with Crippen molar-refractivity contribution in [1.29, 1.82) is 0 Å². The Bertz CT molecular complexity index is 605. The summed E-state index contributed by atoms with van der Waals surface area (Å²) in [5.41, 5.74) is 4.05. The molecule has 1 amide bonds. The molecule has 1 N–H and O–H groups in total. The lowest BCUT2D eigenvalue weighted by Crippen LogP contribution is -2.28. The van der Waals surface area contributed by atoms with Crippen LogP contribution in [0, 0.1) is 0 Å². The van der Waals surface area contributed by atoms with Crippen LogP contribution in [0.15, 0.2) is 41.2 Å². The van der Waals surface area contributed by atoms with Crippen molar-refractivity contribution in [2.45, 2.75) is 19.4 Å². The number of rotatable bonds is 3. The molecule has 1 aliphatic heterocycles. The zero-order chi connectivity index (χ0) is 13.9. The van der Waals surface area contributed by atoms with Gasteiger partial charge < -0.3 is 14.6 Å². The van der Waals surface area contributed by atoms with Crippen LogP contribution in [0.1, 0.15) is 27.9 Å². The van der Waals surface area contributed by atoms with E-state index in [9.17, 15) is 4.79 Å². The summed E-state index contributed by atoms with van der Waals surface area (Å²) in [7, 11) is 1.82. The number of amides is 1. The van der Waals surface area contributed by atoms with Crippen molar-refractivity contribution in [3.8, 4) is 0 Å². The van der Waals surface area contributed by atoms with Gasteiger partial charge in [-0.05, 0) is 36.6 Å². The van der Waals surface area contributed by atoms with Crippen LogP contribution >= 0.6 is 0 Å². The SMILES string of the molecule is CN(Cc1ccoc1)C(=O)c1cccc2c1CCCN2. The van der Waals surface area contributed by atoms with Gasteiger partial charge in [0.05, 0.1) is 12.5 Å². The van der Waals surface area contributed by atoms with Gasteiger partial charge in [-0.2, -0.15) is 0 Å². The Balaban J connectivity index is 1.83. The second-order valence-corrected chi connectivity index (χ2v) is 5.15. The third-order valence-electron chi connectivity index (χ3n) is 3.67. The van der Waals surface area contributed by atoms with E-state index in [4.69, 9.17) is 4.42 Å². The Morgan fingerprint density at radius 2 is 2.30 bits per heavy atom. The standard InChI is InChI=1S/C16H18N2O2/c1-18(10-12-7-9-20-11-12)16(19)14-4-2-6-15-13(14)5-3-8-17-15/h2,4,6-7,9,11,17H,3,5,8,10H2,1H3. The maximum atomic E-state index is 12.6. The summed E-state index contributed by atoms with van der Waals surface area (Å²) in [6, 6.07) is 7.78. The Morgan fingerprint density at radius 1 is 1.40 bits per heavy atom. The van der Waals surface area contributed by atoms with Gasteiger partial charge in [0, 0.05) is 37.0 Å². The minimum atomic E-state index is 0.0618. The summed E-state index contributed by atoms with van der Waals surface area (Å²) in [5.74, 6) is 0.0618. The molecular formula is C16H18N2O2. The fourth-order valence-corrected chi connectivity index (χ4v) is 2.64. The van der Waals surface area contributed by atoms with Crippen molar-refractivity contribution in [1.82, 2.24) is 4.90 Å². The molecule has 0 saturated carbocycles. The third kappa shape index (κ3) is 2.41. The van der Waals surface area contributed by atoms with Crippen molar-refractivity contribution in [2.24, 2.45) is 0 Å². The van der Waals surface area contributed by atoms with E-state index in [0.717, 1.165) is 41.8 Å². The Kier molecular flexibility index (Phi) is 3.46. The van der Waals surface area contributed by atoms with Gasteiger partial charge in [-0.15, -0.1) is 0 Å². The first kappa shape index (κ1) is 12.8. The second kappa shape index (κ2) is 5.41. The molecule has 20 heavy (non-hydrogen) atoms. The summed E-state index contributed by atoms with van der Waals surface area (Å²) in [5, 5.41) is 3.36. The molecule has 0 spiro atoms. The molecule has 1 aliphatic rings. The van der Waals surface area contributed by atoms with Gasteiger partial charge in [0.25, 0.3) is 5.91 Å². The van der Waals surface area contributed by atoms with Gasteiger partial charge in [0.15, 0.2) is 0 Å². The lowest BCUT2D eigenvalue weighted by molar-refractivity contribution is 0.0784. The molecule has 3 rings (SSSR count). The lowest BCUT2D eigenvalue weighted by atomic mass is 9.97. The third-order valence-corrected chi connectivity index (χ3v) is 3.67. The molecule has 0 bridgehead atoms. The maximum Gasteiger partial charge on any atom is 0.254 e. The van der Waals surface area contributed by atoms with Crippen molar-refractivity contribution in [2.75, 3.05) is 18.9 Å². The minimum Gasteiger partial charge on any atom is -0.472 e. The van der Waals surface area contributed by atoms with E-state index in [1.54, 1.807) is 17.4 Å². The van der Waals surface area contributed by atoms with Crippen LogP contribution in [0.2, 0.25) is 0 Å². The van der Waals surface area contributed by atoms with E-state index >= 15 is 0 Å². The number of nitrogens with one attached hydrogen (secondary N) is 1. The largest absolute Gasteiger partial charge is 0.472 e. The summed E-state index contributed by atoms with van der Waals surface area (Å²) in [6.07, 6.45) is 5.33. The van der Waals surface area contributed by atoms with Gasteiger partial charge >= 0.3 is 0 Å². The number of benzene rings is 1.